The number of benzene rings is 2. The summed E-state index contributed by atoms with van der Waals surface area (Å²) >= 11 is 3.40. The number of amides is 1. The van der Waals surface area contributed by atoms with Crippen LogP contribution in [0.15, 0.2) is 53.0 Å². The molecule has 0 radical (unpaired) electrons. The van der Waals surface area contributed by atoms with Gasteiger partial charge < -0.3 is 9.47 Å². The van der Waals surface area contributed by atoms with Crippen LogP contribution in [-0.2, 0) is 24.1 Å². The standard InChI is InChI=1S/C18H15BrF3N3O/c1-24(10-12-6-2-3-7-13(12)19)16(26)11-25-15-9-5-4-8-14(15)23-17(25)18(20,21)22/h2-9H,10-11H2,1H3. The highest BCUT2D eigenvalue weighted by atomic mass is 79.9. The van der Waals surface area contributed by atoms with Crippen molar-refractivity contribution in [1.82, 2.24) is 14.5 Å². The lowest BCUT2D eigenvalue weighted by Gasteiger charge is -2.19. The Labute approximate surface area is 156 Å². The molecule has 2 aromatic carbocycles. The lowest BCUT2D eigenvalue weighted by atomic mass is 10.2. The van der Waals surface area contributed by atoms with Gasteiger partial charge in [0.25, 0.3) is 0 Å². The van der Waals surface area contributed by atoms with E-state index in [9.17, 15) is 18.0 Å². The van der Waals surface area contributed by atoms with Crippen LogP contribution in [0, 0.1) is 0 Å². The summed E-state index contributed by atoms with van der Waals surface area (Å²) in [6.07, 6.45) is -4.64. The molecule has 0 spiro atoms. The molecule has 1 aromatic heterocycles. The second-order valence-electron chi connectivity index (χ2n) is 5.85. The number of fused-ring (bicyclic) bond motifs is 1. The number of carbonyl (C=O) groups excluding carboxylic acids is 1. The van der Waals surface area contributed by atoms with E-state index in [0.29, 0.717) is 0 Å². The van der Waals surface area contributed by atoms with Gasteiger partial charge in [-0.25, -0.2) is 4.98 Å². The minimum atomic E-state index is -4.64. The van der Waals surface area contributed by atoms with E-state index in [4.69, 9.17) is 0 Å². The molecule has 136 valence electrons. The fraction of sp³-hybridized carbons (Fsp3) is 0.222. The van der Waals surface area contributed by atoms with Crippen molar-refractivity contribution in [1.29, 1.82) is 0 Å². The highest BCUT2D eigenvalue weighted by molar-refractivity contribution is 9.10. The molecule has 0 unspecified atom stereocenters. The molecule has 0 saturated carbocycles. The molecule has 3 rings (SSSR count). The van der Waals surface area contributed by atoms with Gasteiger partial charge in [-0.3, -0.25) is 4.79 Å². The van der Waals surface area contributed by atoms with E-state index in [0.717, 1.165) is 14.6 Å². The normalized spacial score (nSPS) is 11.7. The first-order valence-corrected chi connectivity index (χ1v) is 8.56. The fourth-order valence-corrected chi connectivity index (χ4v) is 3.09. The van der Waals surface area contributed by atoms with Gasteiger partial charge in [0.1, 0.15) is 6.54 Å². The van der Waals surface area contributed by atoms with Crippen LogP contribution < -0.4 is 0 Å². The van der Waals surface area contributed by atoms with Gasteiger partial charge in [-0.05, 0) is 23.8 Å². The number of carbonyl (C=O) groups is 1. The molecule has 0 bridgehead atoms. The van der Waals surface area contributed by atoms with E-state index in [1.165, 1.54) is 17.0 Å². The minimum Gasteiger partial charge on any atom is -0.340 e. The van der Waals surface area contributed by atoms with Gasteiger partial charge in [0.05, 0.1) is 11.0 Å². The van der Waals surface area contributed by atoms with Crippen molar-refractivity contribution in [2.24, 2.45) is 0 Å². The molecule has 3 aromatic rings. The van der Waals surface area contributed by atoms with E-state index in [1.807, 2.05) is 24.3 Å². The average molecular weight is 426 g/mol. The zero-order valence-corrected chi connectivity index (χ0v) is 15.4. The van der Waals surface area contributed by atoms with Crippen molar-refractivity contribution in [3.05, 3.63) is 64.4 Å². The summed E-state index contributed by atoms with van der Waals surface area (Å²) < 4.78 is 41.7. The molecule has 0 atom stereocenters. The Morgan fingerprint density at radius 3 is 2.50 bits per heavy atom. The molecule has 0 aliphatic heterocycles. The van der Waals surface area contributed by atoms with E-state index >= 15 is 0 Å². The molecule has 0 fully saturated rings. The molecule has 26 heavy (non-hydrogen) atoms. The van der Waals surface area contributed by atoms with E-state index in [1.54, 1.807) is 19.2 Å². The maximum atomic E-state index is 13.3. The maximum absolute atomic E-state index is 13.3. The number of halogens is 4. The molecule has 0 aliphatic rings. The summed E-state index contributed by atoms with van der Waals surface area (Å²) in [6, 6.07) is 13.6. The van der Waals surface area contributed by atoms with Crippen LogP contribution in [0.3, 0.4) is 0 Å². The highest BCUT2D eigenvalue weighted by Crippen LogP contribution is 2.31. The number of hydrogen-bond donors (Lipinski definition) is 0. The number of para-hydroxylation sites is 2. The Morgan fingerprint density at radius 2 is 1.81 bits per heavy atom. The largest absolute Gasteiger partial charge is 0.449 e. The van der Waals surface area contributed by atoms with Gasteiger partial charge in [-0.2, -0.15) is 13.2 Å². The van der Waals surface area contributed by atoms with E-state index in [-0.39, 0.29) is 17.6 Å². The molecule has 4 nitrogen and oxygen atoms in total. The molecule has 0 aliphatic carbocycles. The van der Waals surface area contributed by atoms with Gasteiger partial charge in [-0.15, -0.1) is 0 Å². The van der Waals surface area contributed by atoms with E-state index < -0.39 is 24.5 Å². The first-order chi connectivity index (χ1) is 12.3. The number of imidazole rings is 1. The second kappa shape index (κ2) is 7.11. The lowest BCUT2D eigenvalue weighted by Crippen LogP contribution is -2.31. The SMILES string of the molecule is CN(Cc1ccccc1Br)C(=O)Cn1c(C(F)(F)F)nc2ccccc21. The van der Waals surface area contributed by atoms with E-state index in [2.05, 4.69) is 20.9 Å². The summed E-state index contributed by atoms with van der Waals surface area (Å²) in [5, 5.41) is 0. The van der Waals surface area contributed by atoms with Crippen molar-refractivity contribution < 1.29 is 18.0 Å². The molecule has 0 saturated heterocycles. The summed E-state index contributed by atoms with van der Waals surface area (Å²) in [5.41, 5.74) is 1.36. The van der Waals surface area contributed by atoms with Crippen molar-refractivity contribution in [2.75, 3.05) is 7.05 Å². The van der Waals surface area contributed by atoms with Gasteiger partial charge >= 0.3 is 6.18 Å². The van der Waals surface area contributed by atoms with Gasteiger partial charge in [-0.1, -0.05) is 46.3 Å². The van der Waals surface area contributed by atoms with Crippen molar-refractivity contribution in [3.63, 3.8) is 0 Å². The smallest absolute Gasteiger partial charge is 0.340 e. The van der Waals surface area contributed by atoms with Gasteiger partial charge in [0, 0.05) is 18.1 Å². The zero-order valence-electron chi connectivity index (χ0n) is 13.8. The minimum absolute atomic E-state index is 0.209. The third-order valence-electron chi connectivity index (χ3n) is 3.99. The maximum Gasteiger partial charge on any atom is 0.449 e. The molecule has 1 heterocycles. The summed E-state index contributed by atoms with van der Waals surface area (Å²) in [6.45, 7) is -0.148. The Hall–Kier alpha value is -2.35. The third-order valence-corrected chi connectivity index (χ3v) is 4.77. The van der Waals surface area contributed by atoms with Crippen LogP contribution in [0.2, 0.25) is 0 Å². The summed E-state index contributed by atoms with van der Waals surface area (Å²) in [7, 11) is 1.56. The number of hydrogen-bond acceptors (Lipinski definition) is 2. The quantitative estimate of drug-likeness (QED) is 0.618. The number of aromatic nitrogens is 2. The summed E-state index contributed by atoms with van der Waals surface area (Å²) in [5.74, 6) is -1.50. The lowest BCUT2D eigenvalue weighted by molar-refractivity contribution is -0.148. The van der Waals surface area contributed by atoms with Crippen LogP contribution in [0.4, 0.5) is 13.2 Å². The third kappa shape index (κ3) is 3.75. The molecule has 0 N–H and O–H groups in total. The first-order valence-electron chi connectivity index (χ1n) is 7.77. The average Bonchev–Trinajstić information content (AvgIpc) is 2.96. The molecular formula is C18H15BrF3N3O. The second-order valence-corrected chi connectivity index (χ2v) is 6.70. The summed E-state index contributed by atoms with van der Waals surface area (Å²) in [4.78, 5) is 17.6. The highest BCUT2D eigenvalue weighted by Gasteiger charge is 2.38. The number of nitrogens with zero attached hydrogens (tertiary/aromatic N) is 3. The molecular weight excluding hydrogens is 411 g/mol. The zero-order chi connectivity index (χ0) is 18.9. The van der Waals surface area contributed by atoms with Crippen LogP contribution in [0.1, 0.15) is 11.4 Å². The molecule has 1 amide bonds. The van der Waals surface area contributed by atoms with Crippen molar-refractivity contribution in [2.45, 2.75) is 19.3 Å². The predicted molar refractivity (Wildman–Crippen MR) is 95.4 cm³/mol. The number of rotatable bonds is 4. The predicted octanol–water partition coefficient (Wildman–Crippen LogP) is 4.48. The van der Waals surface area contributed by atoms with Gasteiger partial charge in [0.15, 0.2) is 0 Å². The fourth-order valence-electron chi connectivity index (χ4n) is 2.68. The Kier molecular flexibility index (Phi) is 5.04. The Balaban J connectivity index is 1.88. The van der Waals surface area contributed by atoms with Gasteiger partial charge in [0.2, 0.25) is 11.7 Å². The topological polar surface area (TPSA) is 38.1 Å². The van der Waals surface area contributed by atoms with Crippen molar-refractivity contribution in [3.8, 4) is 0 Å². The number of likely N-dealkylation sites (N-methyl/N-ethyl adjacent to an activating group) is 1. The van der Waals surface area contributed by atoms with Crippen molar-refractivity contribution >= 4 is 32.9 Å². The van der Waals surface area contributed by atoms with Crippen LogP contribution >= 0.6 is 15.9 Å². The monoisotopic (exact) mass is 425 g/mol. The first kappa shape index (κ1) is 18.4. The molecule has 8 heteroatoms. The van der Waals surface area contributed by atoms with Crippen LogP contribution in [0.25, 0.3) is 11.0 Å². The van der Waals surface area contributed by atoms with Crippen LogP contribution in [-0.4, -0.2) is 27.4 Å². The number of alkyl halides is 3. The Bertz CT molecular complexity index is 952. The Morgan fingerprint density at radius 1 is 1.15 bits per heavy atom. The van der Waals surface area contributed by atoms with Crippen LogP contribution in [0.5, 0.6) is 0 Å².